The second kappa shape index (κ2) is 11.7. The Morgan fingerprint density at radius 2 is 1.70 bits per heavy atom. The highest BCUT2D eigenvalue weighted by Gasteiger charge is 2.28. The quantitative estimate of drug-likeness (QED) is 0.177. The molecule has 1 N–H and O–H groups in total. The molecule has 2 aliphatic rings. The molecule has 0 radical (unpaired) electrons. The van der Waals surface area contributed by atoms with Gasteiger partial charge in [-0.15, -0.1) is 0 Å². The van der Waals surface area contributed by atoms with Crippen LogP contribution in [0.25, 0.3) is 22.3 Å². The van der Waals surface area contributed by atoms with E-state index in [2.05, 4.69) is 71.8 Å². The maximum Gasteiger partial charge on any atom is 0.229 e. The van der Waals surface area contributed by atoms with Crippen LogP contribution in [0.4, 0.5) is 20.5 Å². The smallest absolute Gasteiger partial charge is 0.229 e. The van der Waals surface area contributed by atoms with Gasteiger partial charge in [0.1, 0.15) is 17.0 Å². The Labute approximate surface area is 266 Å². The second-order valence-corrected chi connectivity index (χ2v) is 19.9. The van der Waals surface area contributed by atoms with E-state index in [0.29, 0.717) is 20.7 Å². The van der Waals surface area contributed by atoms with Gasteiger partial charge in [-0.05, 0) is 92.3 Å². The van der Waals surface area contributed by atoms with E-state index in [1.165, 1.54) is 36.8 Å². The van der Waals surface area contributed by atoms with Gasteiger partial charge >= 0.3 is 0 Å². The molecule has 228 valence electrons. The van der Waals surface area contributed by atoms with Gasteiger partial charge in [-0.2, -0.15) is 0 Å². The summed E-state index contributed by atoms with van der Waals surface area (Å²) in [5, 5.41) is 3.14. The number of fused-ring (bicyclic) bond motifs is 2. The van der Waals surface area contributed by atoms with E-state index in [4.69, 9.17) is 4.98 Å². The molecular weight excluding hydrogens is 677 g/mol. The van der Waals surface area contributed by atoms with Crippen molar-refractivity contribution < 1.29 is 8.78 Å². The van der Waals surface area contributed by atoms with Crippen molar-refractivity contribution in [3.05, 3.63) is 57.2 Å². The Hall–Kier alpha value is -2.55. The molecule has 1 aromatic carbocycles. The van der Waals surface area contributed by atoms with Crippen LogP contribution < -0.4 is 5.32 Å². The molecule has 6 rings (SSSR count). The summed E-state index contributed by atoms with van der Waals surface area (Å²) in [6.07, 6.45) is 1.99. The van der Waals surface area contributed by atoms with E-state index in [1.807, 2.05) is 31.4 Å². The molecule has 5 heterocycles. The van der Waals surface area contributed by atoms with Crippen LogP contribution in [0.1, 0.15) is 32.0 Å². The summed E-state index contributed by atoms with van der Waals surface area (Å²) in [7, 11) is -0.941. The second-order valence-electron chi connectivity index (χ2n) is 13.6. The van der Waals surface area contributed by atoms with Crippen molar-refractivity contribution in [1.29, 1.82) is 0 Å². The van der Waals surface area contributed by atoms with E-state index in [0.717, 1.165) is 44.5 Å². The average Bonchev–Trinajstić information content (AvgIpc) is 3.30. The number of hydrogen-bond donors (Lipinski definition) is 1. The highest BCUT2D eigenvalue weighted by Crippen LogP contribution is 2.33. The molecule has 2 aliphatic heterocycles. The fraction of sp³-hybridized carbons (Fsp3) is 0.484. The highest BCUT2D eigenvalue weighted by molar-refractivity contribution is 14.1. The van der Waals surface area contributed by atoms with Gasteiger partial charge in [0.25, 0.3) is 0 Å². The molecule has 8 nitrogen and oxygen atoms in total. The van der Waals surface area contributed by atoms with Crippen LogP contribution in [-0.4, -0.2) is 75.1 Å². The lowest BCUT2D eigenvalue weighted by Gasteiger charge is -2.37. The third kappa shape index (κ3) is 6.61. The Bertz CT molecular complexity index is 1660. The molecule has 0 bridgehead atoms. The molecular formula is C31H39F2IN8Si. The van der Waals surface area contributed by atoms with Crippen LogP contribution in [0.15, 0.2) is 30.5 Å². The molecule has 43 heavy (non-hydrogen) atoms. The standard InChI is InChI=1S/C31H39F2IN8Si/c1-31(2,3)42-25-17-21(16-22(32)28(25)38-29(42)34)27-23(33)18-35-30(39-27)37-26-7-6-20-19-41(9-8-24(20)36-26)11-10-40-12-14-43(4,5)15-13-40/h6-7,16-18H,8-15,19H2,1-5H3,(H,35,36,37,39). The molecule has 0 unspecified atom stereocenters. The minimum Gasteiger partial charge on any atom is -0.314 e. The molecule has 1 saturated heterocycles. The summed E-state index contributed by atoms with van der Waals surface area (Å²) >= 11 is 2.10. The Morgan fingerprint density at radius 3 is 2.44 bits per heavy atom. The van der Waals surface area contributed by atoms with Crippen molar-refractivity contribution in [2.24, 2.45) is 0 Å². The van der Waals surface area contributed by atoms with E-state index in [-0.39, 0.29) is 22.7 Å². The largest absolute Gasteiger partial charge is 0.314 e. The van der Waals surface area contributed by atoms with Gasteiger partial charge in [-0.25, -0.2) is 28.7 Å². The maximum absolute atomic E-state index is 15.2. The van der Waals surface area contributed by atoms with Crippen LogP contribution in [-0.2, 0) is 18.5 Å². The predicted octanol–water partition coefficient (Wildman–Crippen LogP) is 6.65. The number of aromatic nitrogens is 5. The number of nitrogens with zero attached hydrogens (tertiary/aromatic N) is 7. The van der Waals surface area contributed by atoms with Gasteiger partial charge in [0.2, 0.25) is 5.95 Å². The topological polar surface area (TPSA) is 75.0 Å². The van der Waals surface area contributed by atoms with E-state index in [9.17, 15) is 0 Å². The lowest BCUT2D eigenvalue weighted by atomic mass is 10.1. The first-order chi connectivity index (χ1) is 20.4. The summed E-state index contributed by atoms with van der Waals surface area (Å²) in [4.78, 5) is 23.0. The molecule has 1 fully saturated rings. The van der Waals surface area contributed by atoms with Crippen molar-refractivity contribution in [2.45, 2.75) is 64.5 Å². The summed E-state index contributed by atoms with van der Waals surface area (Å²) in [6, 6.07) is 9.86. The normalized spacial score (nSPS) is 17.8. The van der Waals surface area contributed by atoms with Gasteiger partial charge in [-0.3, -0.25) is 4.90 Å². The van der Waals surface area contributed by atoms with Gasteiger partial charge in [0.05, 0.1) is 11.7 Å². The first kappa shape index (κ1) is 30.5. The summed E-state index contributed by atoms with van der Waals surface area (Å²) < 4.78 is 32.8. The number of rotatable bonds is 6. The van der Waals surface area contributed by atoms with Crippen LogP contribution in [0.3, 0.4) is 0 Å². The molecule has 0 amide bonds. The van der Waals surface area contributed by atoms with Crippen LogP contribution in [0, 0.1) is 15.5 Å². The SMILES string of the molecule is CC(C)(C)n1c(I)nc2c(F)cc(-c3nc(Nc4ccc5c(n4)CCN(CCN4CC[Si](C)(C)CC4)C5)ncc3F)cc21. The minimum absolute atomic E-state index is 0.0168. The van der Waals surface area contributed by atoms with Crippen molar-refractivity contribution in [2.75, 3.05) is 38.0 Å². The van der Waals surface area contributed by atoms with Gasteiger partial charge in [-0.1, -0.05) is 19.2 Å². The van der Waals surface area contributed by atoms with Crippen LogP contribution in [0.2, 0.25) is 25.2 Å². The van der Waals surface area contributed by atoms with Crippen molar-refractivity contribution in [1.82, 2.24) is 34.3 Å². The average molecular weight is 717 g/mol. The minimum atomic E-state index is -0.941. The van der Waals surface area contributed by atoms with E-state index >= 15 is 8.78 Å². The number of benzene rings is 1. The molecule has 0 atom stereocenters. The van der Waals surface area contributed by atoms with Gasteiger partial charge in [0, 0.05) is 57.5 Å². The zero-order chi connectivity index (χ0) is 30.5. The molecule has 0 saturated carbocycles. The van der Waals surface area contributed by atoms with Gasteiger partial charge in [0.15, 0.2) is 15.5 Å². The number of pyridine rings is 1. The Kier molecular flexibility index (Phi) is 8.33. The summed E-state index contributed by atoms with van der Waals surface area (Å²) in [5.74, 6) is -0.345. The fourth-order valence-electron chi connectivity index (χ4n) is 6.03. The summed E-state index contributed by atoms with van der Waals surface area (Å²) in [6.45, 7) is 17.7. The molecule has 3 aromatic heterocycles. The Morgan fingerprint density at radius 1 is 0.953 bits per heavy atom. The fourth-order valence-corrected chi connectivity index (χ4v) is 9.34. The lowest BCUT2D eigenvalue weighted by molar-refractivity contribution is 0.197. The maximum atomic E-state index is 15.2. The van der Waals surface area contributed by atoms with Gasteiger partial charge < -0.3 is 14.8 Å². The van der Waals surface area contributed by atoms with E-state index in [1.54, 1.807) is 6.07 Å². The zero-order valence-electron chi connectivity index (χ0n) is 25.5. The molecule has 12 heteroatoms. The van der Waals surface area contributed by atoms with Crippen LogP contribution >= 0.6 is 22.6 Å². The molecule has 4 aromatic rings. The number of halogens is 3. The van der Waals surface area contributed by atoms with E-state index < -0.39 is 19.7 Å². The lowest BCUT2D eigenvalue weighted by Crippen LogP contribution is -2.45. The molecule has 0 aliphatic carbocycles. The monoisotopic (exact) mass is 716 g/mol. The first-order valence-corrected chi connectivity index (χ1v) is 19.5. The van der Waals surface area contributed by atoms with Crippen LogP contribution in [0.5, 0.6) is 0 Å². The number of hydrogen-bond acceptors (Lipinski definition) is 7. The van der Waals surface area contributed by atoms with Crippen molar-refractivity contribution in [3.63, 3.8) is 0 Å². The Balaban J connectivity index is 1.16. The van der Waals surface area contributed by atoms with Crippen molar-refractivity contribution in [3.8, 4) is 11.3 Å². The molecule has 0 spiro atoms. The number of nitrogens with one attached hydrogen (secondary N) is 1. The van der Waals surface area contributed by atoms with Crippen molar-refractivity contribution >= 4 is 53.5 Å². The summed E-state index contributed by atoms with van der Waals surface area (Å²) in [5.41, 5.74) is 3.14. The first-order valence-electron chi connectivity index (χ1n) is 15.0. The highest BCUT2D eigenvalue weighted by atomic mass is 127. The number of anilines is 2. The third-order valence-corrected chi connectivity index (χ3v) is 12.5. The third-order valence-electron chi connectivity index (χ3n) is 8.67. The number of imidazole rings is 1. The zero-order valence-corrected chi connectivity index (χ0v) is 28.7. The predicted molar refractivity (Wildman–Crippen MR) is 178 cm³/mol.